The Bertz CT molecular complexity index is 560. The van der Waals surface area contributed by atoms with Crippen LogP contribution < -0.4 is 5.32 Å². The van der Waals surface area contributed by atoms with E-state index in [2.05, 4.69) is 28.2 Å². The largest absolute Gasteiger partial charge is 0.388 e. The number of aliphatic hydroxyl groups is 1. The van der Waals surface area contributed by atoms with Gasteiger partial charge in [0.05, 0.1) is 6.10 Å². The normalized spacial score (nSPS) is 20.1. The monoisotopic (exact) mass is 273 g/mol. The number of para-hydroxylation sites is 1. The van der Waals surface area contributed by atoms with Crippen LogP contribution in [0.5, 0.6) is 0 Å². The molecule has 3 N–H and O–H groups in total. The lowest BCUT2D eigenvalue weighted by Crippen LogP contribution is -2.45. The third kappa shape index (κ3) is 2.73. The van der Waals surface area contributed by atoms with Crippen LogP contribution in [-0.2, 0) is 0 Å². The van der Waals surface area contributed by atoms with E-state index in [0.717, 1.165) is 49.2 Å². The number of aromatic amines is 1. The molecular formula is C16H23N3O. The maximum absolute atomic E-state index is 10.6. The van der Waals surface area contributed by atoms with Crippen LogP contribution in [0.15, 0.2) is 30.5 Å². The van der Waals surface area contributed by atoms with Gasteiger partial charge in [-0.2, -0.15) is 0 Å². The summed E-state index contributed by atoms with van der Waals surface area (Å²) in [6.07, 6.45) is 1.53. The molecular weight excluding hydrogens is 250 g/mol. The molecule has 1 saturated heterocycles. The number of rotatable bonds is 4. The zero-order valence-corrected chi connectivity index (χ0v) is 12.0. The van der Waals surface area contributed by atoms with Crippen molar-refractivity contribution < 1.29 is 5.11 Å². The minimum Gasteiger partial charge on any atom is -0.388 e. The molecule has 2 atom stereocenters. The molecule has 0 spiro atoms. The molecule has 1 aliphatic rings. The van der Waals surface area contributed by atoms with E-state index in [4.69, 9.17) is 0 Å². The van der Waals surface area contributed by atoms with Gasteiger partial charge in [0.15, 0.2) is 0 Å². The predicted octanol–water partition coefficient (Wildman–Crippen LogP) is 1.74. The quantitative estimate of drug-likeness (QED) is 0.795. The van der Waals surface area contributed by atoms with E-state index in [9.17, 15) is 5.11 Å². The summed E-state index contributed by atoms with van der Waals surface area (Å²) in [5.74, 6) is 0.229. The van der Waals surface area contributed by atoms with Crippen LogP contribution >= 0.6 is 0 Å². The molecule has 0 bridgehead atoms. The van der Waals surface area contributed by atoms with Crippen LogP contribution in [0.2, 0.25) is 0 Å². The Kier molecular flexibility index (Phi) is 4.05. The van der Waals surface area contributed by atoms with Crippen molar-refractivity contribution in [2.75, 3.05) is 32.7 Å². The van der Waals surface area contributed by atoms with Gasteiger partial charge in [-0.3, -0.25) is 0 Å². The van der Waals surface area contributed by atoms with Gasteiger partial charge < -0.3 is 20.3 Å². The maximum Gasteiger partial charge on any atom is 0.0848 e. The minimum atomic E-state index is -0.416. The second-order valence-corrected chi connectivity index (χ2v) is 5.76. The lowest BCUT2D eigenvalue weighted by molar-refractivity contribution is 0.0853. The average Bonchev–Trinajstić information content (AvgIpc) is 2.91. The minimum absolute atomic E-state index is 0.229. The van der Waals surface area contributed by atoms with Crippen molar-refractivity contribution in [3.8, 4) is 0 Å². The number of nitrogens with one attached hydrogen (secondary N) is 2. The summed E-state index contributed by atoms with van der Waals surface area (Å²) >= 11 is 0. The van der Waals surface area contributed by atoms with E-state index in [1.165, 1.54) is 0 Å². The standard InChI is InChI=1S/C16H23N3O/c1-12(11-19-8-6-17-7-9-19)16(20)14-10-18-15-5-3-2-4-13(14)15/h2-5,10,12,16-18,20H,6-9,11H2,1H3. The zero-order chi connectivity index (χ0) is 13.9. The Labute approximate surface area is 119 Å². The predicted molar refractivity (Wildman–Crippen MR) is 81.7 cm³/mol. The van der Waals surface area contributed by atoms with E-state index in [1.54, 1.807) is 0 Å². The number of H-pyrrole nitrogens is 1. The van der Waals surface area contributed by atoms with Gasteiger partial charge in [-0.1, -0.05) is 25.1 Å². The Morgan fingerprint density at radius 2 is 2.00 bits per heavy atom. The number of aromatic nitrogens is 1. The Morgan fingerprint density at radius 3 is 2.80 bits per heavy atom. The fourth-order valence-electron chi connectivity index (χ4n) is 3.05. The van der Waals surface area contributed by atoms with Crippen LogP contribution in [0.1, 0.15) is 18.6 Å². The second kappa shape index (κ2) is 5.95. The van der Waals surface area contributed by atoms with Crippen molar-refractivity contribution in [2.24, 2.45) is 5.92 Å². The molecule has 20 heavy (non-hydrogen) atoms. The molecule has 1 aromatic carbocycles. The molecule has 2 unspecified atom stereocenters. The van der Waals surface area contributed by atoms with E-state index in [1.807, 2.05) is 24.4 Å². The third-order valence-electron chi connectivity index (χ3n) is 4.23. The van der Waals surface area contributed by atoms with E-state index in [-0.39, 0.29) is 5.92 Å². The Morgan fingerprint density at radius 1 is 1.25 bits per heavy atom. The summed E-state index contributed by atoms with van der Waals surface area (Å²) in [6, 6.07) is 8.15. The number of aliphatic hydroxyl groups excluding tert-OH is 1. The lowest BCUT2D eigenvalue weighted by Gasteiger charge is -2.31. The van der Waals surface area contributed by atoms with Gasteiger partial charge in [0.1, 0.15) is 0 Å². The number of piperazine rings is 1. The van der Waals surface area contributed by atoms with Gasteiger partial charge in [-0.15, -0.1) is 0 Å². The first-order chi connectivity index (χ1) is 9.75. The highest BCUT2D eigenvalue weighted by Gasteiger charge is 2.22. The smallest absolute Gasteiger partial charge is 0.0848 e. The molecule has 108 valence electrons. The fraction of sp³-hybridized carbons (Fsp3) is 0.500. The van der Waals surface area contributed by atoms with Crippen molar-refractivity contribution in [3.05, 3.63) is 36.0 Å². The molecule has 0 saturated carbocycles. The van der Waals surface area contributed by atoms with Gasteiger partial charge in [-0.05, 0) is 12.0 Å². The molecule has 1 aliphatic heterocycles. The summed E-state index contributed by atoms with van der Waals surface area (Å²) in [7, 11) is 0. The number of fused-ring (bicyclic) bond motifs is 1. The van der Waals surface area contributed by atoms with Crippen LogP contribution in [0.25, 0.3) is 10.9 Å². The van der Waals surface area contributed by atoms with Crippen molar-refractivity contribution >= 4 is 10.9 Å². The summed E-state index contributed by atoms with van der Waals surface area (Å²) < 4.78 is 0. The Hall–Kier alpha value is -1.36. The highest BCUT2D eigenvalue weighted by molar-refractivity contribution is 5.83. The molecule has 2 aromatic rings. The first kappa shape index (κ1) is 13.6. The van der Waals surface area contributed by atoms with Crippen LogP contribution in [0, 0.1) is 5.92 Å². The van der Waals surface area contributed by atoms with Crippen LogP contribution in [0.3, 0.4) is 0 Å². The first-order valence-electron chi connectivity index (χ1n) is 7.43. The Balaban J connectivity index is 1.72. The van der Waals surface area contributed by atoms with Gasteiger partial charge in [0.25, 0.3) is 0 Å². The van der Waals surface area contributed by atoms with Crippen molar-refractivity contribution in [1.29, 1.82) is 0 Å². The van der Waals surface area contributed by atoms with E-state index < -0.39 is 6.10 Å². The van der Waals surface area contributed by atoms with Crippen molar-refractivity contribution in [3.63, 3.8) is 0 Å². The first-order valence-corrected chi connectivity index (χ1v) is 7.43. The van der Waals surface area contributed by atoms with Gasteiger partial charge >= 0.3 is 0 Å². The lowest BCUT2D eigenvalue weighted by atomic mass is 9.96. The fourth-order valence-corrected chi connectivity index (χ4v) is 3.05. The maximum atomic E-state index is 10.6. The molecule has 2 heterocycles. The number of benzene rings is 1. The summed E-state index contributed by atoms with van der Waals surface area (Å²) in [4.78, 5) is 5.67. The number of hydrogen-bond acceptors (Lipinski definition) is 3. The van der Waals surface area contributed by atoms with Crippen LogP contribution in [-0.4, -0.2) is 47.7 Å². The van der Waals surface area contributed by atoms with E-state index in [0.29, 0.717) is 0 Å². The molecule has 0 amide bonds. The topological polar surface area (TPSA) is 51.3 Å². The highest BCUT2D eigenvalue weighted by Crippen LogP contribution is 2.29. The summed E-state index contributed by atoms with van der Waals surface area (Å²) in [5, 5.41) is 15.1. The van der Waals surface area contributed by atoms with Gasteiger partial charge in [0, 0.05) is 55.4 Å². The molecule has 0 radical (unpaired) electrons. The zero-order valence-electron chi connectivity index (χ0n) is 12.0. The number of hydrogen-bond donors (Lipinski definition) is 3. The molecule has 1 aromatic heterocycles. The molecule has 4 heteroatoms. The average molecular weight is 273 g/mol. The summed E-state index contributed by atoms with van der Waals surface area (Å²) in [5.41, 5.74) is 2.11. The van der Waals surface area contributed by atoms with Gasteiger partial charge in [-0.25, -0.2) is 0 Å². The summed E-state index contributed by atoms with van der Waals surface area (Å²) in [6.45, 7) is 7.33. The van der Waals surface area contributed by atoms with Crippen molar-refractivity contribution in [2.45, 2.75) is 13.0 Å². The van der Waals surface area contributed by atoms with Crippen LogP contribution in [0.4, 0.5) is 0 Å². The second-order valence-electron chi connectivity index (χ2n) is 5.76. The SMILES string of the molecule is CC(CN1CCNCC1)C(O)c1c[nH]c2ccccc12. The molecule has 3 rings (SSSR count). The molecule has 0 aliphatic carbocycles. The van der Waals surface area contributed by atoms with Crippen molar-refractivity contribution in [1.82, 2.24) is 15.2 Å². The van der Waals surface area contributed by atoms with E-state index >= 15 is 0 Å². The number of nitrogens with zero attached hydrogens (tertiary/aromatic N) is 1. The highest BCUT2D eigenvalue weighted by atomic mass is 16.3. The molecule has 1 fully saturated rings. The molecule has 4 nitrogen and oxygen atoms in total. The van der Waals surface area contributed by atoms with Gasteiger partial charge in [0.2, 0.25) is 0 Å². The third-order valence-corrected chi connectivity index (χ3v) is 4.23.